The number of nitrogens with one attached hydrogen (secondary N) is 2. The molecule has 1 fully saturated rings. The molecule has 0 saturated carbocycles. The maximum absolute atomic E-state index is 11.7. The first kappa shape index (κ1) is 15.2. The highest BCUT2D eigenvalue weighted by atomic mass is 16.6. The second-order valence-electron chi connectivity index (χ2n) is 4.97. The summed E-state index contributed by atoms with van der Waals surface area (Å²) in [5, 5.41) is 5.59. The molecule has 1 aliphatic heterocycles. The molecule has 0 bridgehead atoms. The van der Waals surface area contributed by atoms with E-state index in [0.29, 0.717) is 31.9 Å². The van der Waals surface area contributed by atoms with Crippen LogP contribution >= 0.6 is 0 Å². The first-order valence-corrected chi connectivity index (χ1v) is 7.24. The third kappa shape index (κ3) is 4.66. The maximum atomic E-state index is 11.7. The van der Waals surface area contributed by atoms with Gasteiger partial charge in [0.2, 0.25) is 0 Å². The Kier molecular flexibility index (Phi) is 5.43. The molecular weight excluding hydrogens is 270 g/mol. The Bertz CT molecular complexity index is 505. The fourth-order valence-electron chi connectivity index (χ4n) is 2.09. The summed E-state index contributed by atoms with van der Waals surface area (Å²) in [5.41, 5.74) is 1.68. The number of amides is 3. The minimum Gasteiger partial charge on any atom is -0.448 e. The van der Waals surface area contributed by atoms with Crippen LogP contribution in [-0.2, 0) is 11.3 Å². The number of unbranched alkanes of at least 4 members (excludes halogenated alkanes) is 1. The molecule has 0 aliphatic carbocycles. The smallest absolute Gasteiger partial charge is 0.410 e. The van der Waals surface area contributed by atoms with Crippen molar-refractivity contribution < 1.29 is 14.3 Å². The topological polar surface area (TPSA) is 70.7 Å². The normalized spacial score (nSPS) is 14.0. The van der Waals surface area contributed by atoms with Gasteiger partial charge in [-0.1, -0.05) is 25.5 Å². The fraction of sp³-hybridized carbons (Fsp3) is 0.467. The van der Waals surface area contributed by atoms with Gasteiger partial charge < -0.3 is 20.3 Å². The van der Waals surface area contributed by atoms with E-state index in [9.17, 15) is 9.59 Å². The number of carbonyl (C=O) groups is 2. The van der Waals surface area contributed by atoms with Crippen LogP contribution in [0.1, 0.15) is 25.3 Å². The van der Waals surface area contributed by atoms with E-state index in [1.54, 1.807) is 4.90 Å². The molecule has 1 aromatic carbocycles. The molecule has 1 saturated heterocycles. The molecule has 0 unspecified atom stereocenters. The van der Waals surface area contributed by atoms with Gasteiger partial charge >= 0.3 is 12.1 Å². The van der Waals surface area contributed by atoms with Crippen molar-refractivity contribution in [2.75, 3.05) is 25.0 Å². The zero-order valence-electron chi connectivity index (χ0n) is 12.2. The van der Waals surface area contributed by atoms with Gasteiger partial charge in [-0.2, -0.15) is 0 Å². The standard InChI is InChI=1S/C15H21N3O3/c1-2-3-7-16-14(19)17-13-6-4-5-12(10-13)11-18-8-9-21-15(18)20/h4-6,10H,2-3,7-9,11H2,1H3,(H2,16,17,19). The highest BCUT2D eigenvalue weighted by Gasteiger charge is 2.21. The van der Waals surface area contributed by atoms with E-state index in [1.807, 2.05) is 24.3 Å². The molecule has 0 atom stereocenters. The number of anilines is 1. The Morgan fingerprint density at radius 3 is 3.00 bits per heavy atom. The number of carbonyl (C=O) groups excluding carboxylic acids is 2. The van der Waals surface area contributed by atoms with Crippen LogP contribution in [0.25, 0.3) is 0 Å². The molecule has 1 aliphatic rings. The highest BCUT2D eigenvalue weighted by molar-refractivity contribution is 5.89. The molecule has 0 radical (unpaired) electrons. The largest absolute Gasteiger partial charge is 0.448 e. The van der Waals surface area contributed by atoms with Crippen LogP contribution < -0.4 is 10.6 Å². The van der Waals surface area contributed by atoms with Crippen LogP contribution in [0, 0.1) is 0 Å². The van der Waals surface area contributed by atoms with Crippen molar-refractivity contribution in [2.45, 2.75) is 26.3 Å². The van der Waals surface area contributed by atoms with Gasteiger partial charge in [0.25, 0.3) is 0 Å². The minimum absolute atomic E-state index is 0.207. The molecule has 6 nitrogen and oxygen atoms in total. The molecule has 2 N–H and O–H groups in total. The second kappa shape index (κ2) is 7.52. The summed E-state index contributed by atoms with van der Waals surface area (Å²) in [5.74, 6) is 0. The Balaban J connectivity index is 1.88. The van der Waals surface area contributed by atoms with Crippen LogP contribution in [0.2, 0.25) is 0 Å². The Hall–Kier alpha value is -2.24. The molecule has 2 rings (SSSR count). The number of hydrogen-bond acceptors (Lipinski definition) is 3. The monoisotopic (exact) mass is 291 g/mol. The Morgan fingerprint density at radius 2 is 2.29 bits per heavy atom. The minimum atomic E-state index is -0.286. The summed E-state index contributed by atoms with van der Waals surface area (Å²) in [6.45, 7) is 4.28. The predicted octanol–water partition coefficient (Wildman–Crippen LogP) is 2.56. The highest BCUT2D eigenvalue weighted by Crippen LogP contribution is 2.15. The molecule has 21 heavy (non-hydrogen) atoms. The zero-order valence-corrected chi connectivity index (χ0v) is 12.2. The molecule has 0 aromatic heterocycles. The van der Waals surface area contributed by atoms with Crippen molar-refractivity contribution in [3.8, 4) is 0 Å². The third-order valence-corrected chi connectivity index (χ3v) is 3.22. The number of nitrogens with zero attached hydrogens (tertiary/aromatic N) is 1. The lowest BCUT2D eigenvalue weighted by atomic mass is 10.2. The predicted molar refractivity (Wildman–Crippen MR) is 80.1 cm³/mol. The van der Waals surface area contributed by atoms with E-state index in [-0.39, 0.29) is 12.1 Å². The number of ether oxygens (including phenoxy) is 1. The molecule has 1 aromatic rings. The molecule has 0 spiro atoms. The van der Waals surface area contributed by atoms with Crippen LogP contribution in [0.5, 0.6) is 0 Å². The lowest BCUT2D eigenvalue weighted by Crippen LogP contribution is -2.29. The molecule has 114 valence electrons. The van der Waals surface area contributed by atoms with Gasteiger partial charge in [-0.05, 0) is 24.1 Å². The van der Waals surface area contributed by atoms with Crippen LogP contribution in [0.15, 0.2) is 24.3 Å². The van der Waals surface area contributed by atoms with Crippen LogP contribution in [0.4, 0.5) is 15.3 Å². The first-order chi connectivity index (χ1) is 10.2. The summed E-state index contributed by atoms with van der Waals surface area (Å²) in [6.07, 6.45) is 1.72. The van der Waals surface area contributed by atoms with Gasteiger partial charge in [0.1, 0.15) is 6.61 Å². The maximum Gasteiger partial charge on any atom is 0.410 e. The molecule has 1 heterocycles. The Morgan fingerprint density at radius 1 is 1.43 bits per heavy atom. The SMILES string of the molecule is CCCCNC(=O)Nc1cccc(CN2CCOC2=O)c1. The average Bonchev–Trinajstić information content (AvgIpc) is 2.85. The quantitative estimate of drug-likeness (QED) is 0.791. The number of cyclic esters (lactones) is 1. The number of urea groups is 1. The summed E-state index contributed by atoms with van der Waals surface area (Å²) in [7, 11) is 0. The van der Waals surface area contributed by atoms with E-state index in [0.717, 1.165) is 18.4 Å². The first-order valence-electron chi connectivity index (χ1n) is 7.24. The lowest BCUT2D eigenvalue weighted by Gasteiger charge is -2.13. The van der Waals surface area contributed by atoms with Crippen molar-refractivity contribution in [3.63, 3.8) is 0 Å². The van der Waals surface area contributed by atoms with Gasteiger partial charge in [-0.15, -0.1) is 0 Å². The summed E-state index contributed by atoms with van der Waals surface area (Å²) < 4.78 is 4.89. The van der Waals surface area contributed by atoms with Crippen molar-refractivity contribution >= 4 is 17.8 Å². The third-order valence-electron chi connectivity index (χ3n) is 3.22. The van der Waals surface area contributed by atoms with Crippen LogP contribution in [-0.4, -0.2) is 36.7 Å². The van der Waals surface area contributed by atoms with E-state index in [4.69, 9.17) is 4.74 Å². The van der Waals surface area contributed by atoms with E-state index in [1.165, 1.54) is 0 Å². The van der Waals surface area contributed by atoms with Gasteiger partial charge in [0.15, 0.2) is 0 Å². The summed E-state index contributed by atoms with van der Waals surface area (Å²) in [6, 6.07) is 7.27. The van der Waals surface area contributed by atoms with Gasteiger partial charge in [-0.3, -0.25) is 0 Å². The molecule has 6 heteroatoms. The summed E-state index contributed by atoms with van der Waals surface area (Å²) in [4.78, 5) is 24.7. The van der Waals surface area contributed by atoms with Gasteiger partial charge in [0, 0.05) is 18.8 Å². The fourth-order valence-corrected chi connectivity index (χ4v) is 2.09. The van der Waals surface area contributed by atoms with Gasteiger partial charge in [-0.25, -0.2) is 9.59 Å². The summed E-state index contributed by atoms with van der Waals surface area (Å²) >= 11 is 0. The number of hydrogen-bond donors (Lipinski definition) is 2. The van der Waals surface area contributed by atoms with E-state index >= 15 is 0 Å². The van der Waals surface area contributed by atoms with Crippen molar-refractivity contribution in [3.05, 3.63) is 29.8 Å². The van der Waals surface area contributed by atoms with Crippen LogP contribution in [0.3, 0.4) is 0 Å². The van der Waals surface area contributed by atoms with E-state index in [2.05, 4.69) is 17.6 Å². The van der Waals surface area contributed by atoms with Crippen molar-refractivity contribution in [2.24, 2.45) is 0 Å². The molecular formula is C15H21N3O3. The second-order valence-corrected chi connectivity index (χ2v) is 4.97. The van der Waals surface area contributed by atoms with E-state index < -0.39 is 0 Å². The Labute approximate surface area is 124 Å². The lowest BCUT2D eigenvalue weighted by molar-refractivity contribution is 0.157. The zero-order chi connectivity index (χ0) is 15.1. The number of benzene rings is 1. The van der Waals surface area contributed by atoms with Crippen molar-refractivity contribution in [1.82, 2.24) is 10.2 Å². The van der Waals surface area contributed by atoms with Gasteiger partial charge in [0.05, 0.1) is 6.54 Å². The molecule has 3 amide bonds. The van der Waals surface area contributed by atoms with Crippen molar-refractivity contribution in [1.29, 1.82) is 0 Å². The number of rotatable bonds is 6. The average molecular weight is 291 g/mol.